The van der Waals surface area contributed by atoms with Gasteiger partial charge in [0.2, 0.25) is 0 Å². The molecule has 1 fully saturated rings. The molecule has 0 aromatic heterocycles. The molecule has 1 saturated heterocycles. The topological polar surface area (TPSA) is 102 Å². The van der Waals surface area contributed by atoms with Gasteiger partial charge in [0.1, 0.15) is 0 Å². The van der Waals surface area contributed by atoms with Crippen LogP contribution >= 0.6 is 0 Å². The minimum Gasteiger partial charge on any atom is -0.348 e. The maximum Gasteiger partial charge on any atom is 0.446 e. The monoisotopic (exact) mass is 261 g/mol. The second-order valence-electron chi connectivity index (χ2n) is 2.87. The lowest BCUT2D eigenvalue weighted by molar-refractivity contribution is -0.138. The Kier molecular flexibility index (Phi) is 3.78. The molecule has 0 aromatic carbocycles. The second kappa shape index (κ2) is 4.57. The molecule has 0 saturated carbocycles. The van der Waals surface area contributed by atoms with E-state index in [4.69, 9.17) is 14.0 Å². The Labute approximate surface area is 89.5 Å². The quantitative estimate of drug-likeness (QED) is 0.626. The van der Waals surface area contributed by atoms with Gasteiger partial charge in [-0.3, -0.25) is 9.35 Å². The molecule has 0 radical (unpaired) electrons. The van der Waals surface area contributed by atoms with Crippen molar-refractivity contribution < 1.29 is 36.0 Å². The molecule has 94 valence electrons. The number of amides is 1. The molecule has 0 bridgehead atoms. The van der Waals surface area contributed by atoms with Gasteiger partial charge in [0.05, 0.1) is 19.8 Å². The zero-order chi connectivity index (χ0) is 12.4. The first-order chi connectivity index (χ1) is 7.25. The molecule has 1 aliphatic rings. The van der Waals surface area contributed by atoms with Crippen molar-refractivity contribution in [3.8, 4) is 0 Å². The maximum absolute atomic E-state index is 12.7. The smallest absolute Gasteiger partial charge is 0.348 e. The third-order valence-corrected chi connectivity index (χ3v) is 2.54. The van der Waals surface area contributed by atoms with E-state index < -0.39 is 34.1 Å². The summed E-state index contributed by atoms with van der Waals surface area (Å²) in [6, 6.07) is 0. The predicted octanol–water partition coefficient (Wildman–Crippen LogP) is -1.04. The Morgan fingerprint density at radius 1 is 1.44 bits per heavy atom. The zero-order valence-corrected chi connectivity index (χ0v) is 8.67. The van der Waals surface area contributed by atoms with E-state index in [0.717, 1.165) is 0 Å². The van der Waals surface area contributed by atoms with Crippen LogP contribution in [0.3, 0.4) is 0 Å². The number of halogens is 2. The lowest BCUT2D eigenvalue weighted by Gasteiger charge is -2.14. The molecule has 1 amide bonds. The molecule has 0 unspecified atom stereocenters. The highest BCUT2D eigenvalue weighted by Crippen LogP contribution is 2.20. The van der Waals surface area contributed by atoms with E-state index in [1.54, 1.807) is 5.32 Å². The molecule has 1 aliphatic heterocycles. The Bertz CT molecular complexity index is 363. The minimum atomic E-state index is -5.77. The summed E-state index contributed by atoms with van der Waals surface area (Å²) in [5.41, 5.74) is 0. The van der Waals surface area contributed by atoms with Crippen molar-refractivity contribution in [2.24, 2.45) is 0 Å². The van der Waals surface area contributed by atoms with Gasteiger partial charge in [0, 0.05) is 0 Å². The molecule has 0 spiro atoms. The van der Waals surface area contributed by atoms with Crippen molar-refractivity contribution in [3.05, 3.63) is 0 Å². The average Bonchev–Trinajstić information content (AvgIpc) is 2.64. The van der Waals surface area contributed by atoms with Crippen LogP contribution in [0, 0.1) is 0 Å². The van der Waals surface area contributed by atoms with E-state index in [9.17, 15) is 22.0 Å². The summed E-state index contributed by atoms with van der Waals surface area (Å²) >= 11 is 0. The SMILES string of the molecule is O=C(NCC1OCCO1)C(F)(F)S(=O)(=O)O. The lowest BCUT2D eigenvalue weighted by Crippen LogP contribution is -2.47. The van der Waals surface area contributed by atoms with Gasteiger partial charge in [-0.05, 0) is 0 Å². The number of carbonyl (C=O) groups is 1. The molecule has 10 heteroatoms. The van der Waals surface area contributed by atoms with E-state index in [1.165, 1.54) is 0 Å². The fourth-order valence-electron chi connectivity index (χ4n) is 0.921. The molecule has 0 aliphatic carbocycles. The van der Waals surface area contributed by atoms with Crippen LogP contribution in [0.1, 0.15) is 0 Å². The molecule has 2 N–H and O–H groups in total. The molecule has 1 rings (SSSR count). The van der Waals surface area contributed by atoms with Gasteiger partial charge in [-0.25, -0.2) is 0 Å². The van der Waals surface area contributed by atoms with Crippen LogP contribution in [0.2, 0.25) is 0 Å². The fraction of sp³-hybridized carbons (Fsp3) is 0.833. The highest BCUT2D eigenvalue weighted by molar-refractivity contribution is 7.87. The van der Waals surface area contributed by atoms with Crippen molar-refractivity contribution in [2.75, 3.05) is 19.8 Å². The van der Waals surface area contributed by atoms with E-state index in [2.05, 4.69) is 0 Å². The Hall–Kier alpha value is -0.840. The molecule has 0 atom stereocenters. The van der Waals surface area contributed by atoms with Gasteiger partial charge in [0.25, 0.3) is 0 Å². The predicted molar refractivity (Wildman–Crippen MR) is 45.2 cm³/mol. The van der Waals surface area contributed by atoms with Crippen molar-refractivity contribution in [2.45, 2.75) is 11.5 Å². The summed E-state index contributed by atoms with van der Waals surface area (Å²) in [6.07, 6.45) is -0.888. The summed E-state index contributed by atoms with van der Waals surface area (Å²) in [5, 5.41) is -3.29. The molecule has 7 nitrogen and oxygen atoms in total. The third-order valence-electron chi connectivity index (χ3n) is 1.71. The van der Waals surface area contributed by atoms with Crippen LogP contribution in [0.5, 0.6) is 0 Å². The van der Waals surface area contributed by atoms with Crippen molar-refractivity contribution in [1.82, 2.24) is 5.32 Å². The number of hydrogen-bond donors (Lipinski definition) is 2. The van der Waals surface area contributed by atoms with Crippen LogP contribution in [-0.2, 0) is 24.4 Å². The van der Waals surface area contributed by atoms with Gasteiger partial charge in [-0.1, -0.05) is 0 Å². The lowest BCUT2D eigenvalue weighted by atomic mass is 10.5. The van der Waals surface area contributed by atoms with E-state index >= 15 is 0 Å². The first kappa shape index (κ1) is 13.2. The van der Waals surface area contributed by atoms with Crippen molar-refractivity contribution in [3.63, 3.8) is 0 Å². The van der Waals surface area contributed by atoms with Crippen LogP contribution in [-0.4, -0.2) is 50.2 Å². The van der Waals surface area contributed by atoms with Crippen LogP contribution in [0.15, 0.2) is 0 Å². The number of hydrogen-bond acceptors (Lipinski definition) is 5. The molecular weight excluding hydrogens is 252 g/mol. The highest BCUT2D eigenvalue weighted by atomic mass is 32.2. The first-order valence-corrected chi connectivity index (χ1v) is 5.55. The van der Waals surface area contributed by atoms with Crippen molar-refractivity contribution in [1.29, 1.82) is 0 Å². The largest absolute Gasteiger partial charge is 0.446 e. The molecule has 16 heavy (non-hydrogen) atoms. The van der Waals surface area contributed by atoms with Gasteiger partial charge in [-0.2, -0.15) is 17.2 Å². The van der Waals surface area contributed by atoms with E-state index in [1.807, 2.05) is 0 Å². The third kappa shape index (κ3) is 2.84. The Balaban J connectivity index is 2.51. The minimum absolute atomic E-state index is 0.259. The number of alkyl halides is 2. The average molecular weight is 261 g/mol. The maximum atomic E-state index is 12.7. The number of rotatable bonds is 4. The Morgan fingerprint density at radius 2 is 1.94 bits per heavy atom. The first-order valence-electron chi connectivity index (χ1n) is 4.11. The van der Waals surface area contributed by atoms with Crippen molar-refractivity contribution >= 4 is 16.0 Å². The Morgan fingerprint density at radius 3 is 2.38 bits per heavy atom. The van der Waals surface area contributed by atoms with E-state index in [-0.39, 0.29) is 13.2 Å². The van der Waals surface area contributed by atoms with Gasteiger partial charge in [-0.15, -0.1) is 0 Å². The molecule has 1 heterocycles. The molecular formula is C6H9F2NO6S. The highest BCUT2D eigenvalue weighted by Gasteiger charge is 2.52. The number of carbonyl (C=O) groups excluding carboxylic acids is 1. The summed E-state index contributed by atoms with van der Waals surface area (Å²) in [5.74, 6) is -2.13. The molecule has 0 aromatic rings. The fourth-order valence-corrected chi connectivity index (χ4v) is 1.23. The van der Waals surface area contributed by atoms with E-state index in [0.29, 0.717) is 0 Å². The summed E-state index contributed by atoms with van der Waals surface area (Å²) in [6.45, 7) is 0.0917. The number of nitrogens with one attached hydrogen (secondary N) is 1. The zero-order valence-electron chi connectivity index (χ0n) is 7.85. The number of ether oxygens (including phenoxy) is 2. The van der Waals surface area contributed by atoms with Gasteiger partial charge < -0.3 is 14.8 Å². The van der Waals surface area contributed by atoms with Crippen LogP contribution in [0.25, 0.3) is 0 Å². The van der Waals surface area contributed by atoms with Gasteiger partial charge >= 0.3 is 21.3 Å². The summed E-state index contributed by atoms with van der Waals surface area (Å²) < 4.78 is 63.4. The summed E-state index contributed by atoms with van der Waals surface area (Å²) in [4.78, 5) is 10.8. The standard InChI is InChI=1S/C6H9F2NO6S/c7-6(8,16(11,12)13)5(10)9-3-4-14-1-2-15-4/h4H,1-3H2,(H,9,10)(H,11,12,13). The summed E-state index contributed by atoms with van der Waals surface area (Å²) in [7, 11) is -5.77. The van der Waals surface area contributed by atoms with Gasteiger partial charge in [0.15, 0.2) is 6.29 Å². The second-order valence-corrected chi connectivity index (χ2v) is 4.34. The van der Waals surface area contributed by atoms with Crippen LogP contribution in [0.4, 0.5) is 8.78 Å². The van der Waals surface area contributed by atoms with Crippen LogP contribution < -0.4 is 5.32 Å². The normalized spacial score (nSPS) is 18.7.